The highest BCUT2D eigenvalue weighted by atomic mass is 19.2. The van der Waals surface area contributed by atoms with Gasteiger partial charge >= 0.3 is 0 Å². The Morgan fingerprint density at radius 1 is 1.41 bits per heavy atom. The summed E-state index contributed by atoms with van der Waals surface area (Å²) in [5.74, 6) is 4.43. The first-order valence-corrected chi connectivity index (χ1v) is 5.84. The predicted octanol–water partition coefficient (Wildman–Crippen LogP) is 2.39. The number of nitrogens with two attached hydrogens (primary N) is 1. The molecule has 0 aromatic heterocycles. The molecular weight excluding hydrogens is 222 g/mol. The highest BCUT2D eigenvalue weighted by molar-refractivity contribution is 5.20. The molecule has 2 unspecified atom stereocenters. The predicted molar refractivity (Wildman–Crippen MR) is 63.1 cm³/mol. The lowest BCUT2D eigenvalue weighted by Gasteiger charge is -2.17. The van der Waals surface area contributed by atoms with Crippen LogP contribution in [0.4, 0.5) is 8.78 Å². The van der Waals surface area contributed by atoms with Crippen molar-refractivity contribution in [2.45, 2.75) is 32.7 Å². The van der Waals surface area contributed by atoms with Gasteiger partial charge in [-0.2, -0.15) is 0 Å². The number of rotatable bonds is 4. The Labute approximate surface area is 100 Å². The molecule has 1 fully saturated rings. The Bertz CT molecular complexity index is 418. The maximum Gasteiger partial charge on any atom is 0.159 e. The molecule has 0 aliphatic heterocycles. The van der Waals surface area contributed by atoms with Gasteiger partial charge in [-0.25, -0.2) is 8.78 Å². The molecule has 2 rings (SSSR count). The first kappa shape index (κ1) is 12.5. The lowest BCUT2D eigenvalue weighted by molar-refractivity contribution is 0.407. The molecule has 2 nitrogen and oxygen atoms in total. The molecule has 17 heavy (non-hydrogen) atoms. The van der Waals surface area contributed by atoms with Gasteiger partial charge in [-0.05, 0) is 41.9 Å². The van der Waals surface area contributed by atoms with Crippen molar-refractivity contribution in [2.24, 2.45) is 17.2 Å². The van der Waals surface area contributed by atoms with E-state index in [1.54, 1.807) is 6.07 Å². The molecule has 0 amide bonds. The third-order valence-corrected chi connectivity index (χ3v) is 3.73. The molecule has 1 aliphatic carbocycles. The van der Waals surface area contributed by atoms with Gasteiger partial charge in [-0.1, -0.05) is 19.9 Å². The zero-order valence-electron chi connectivity index (χ0n) is 10.1. The van der Waals surface area contributed by atoms with Crippen molar-refractivity contribution in [3.8, 4) is 0 Å². The second-order valence-electron chi connectivity index (χ2n) is 5.52. The van der Waals surface area contributed by atoms with Crippen LogP contribution in [0, 0.1) is 23.0 Å². The lowest BCUT2D eigenvalue weighted by atomic mass is 9.98. The fraction of sp³-hybridized carbons (Fsp3) is 0.538. The number of halogens is 2. The molecule has 2 atom stereocenters. The topological polar surface area (TPSA) is 38.0 Å². The lowest BCUT2D eigenvalue weighted by Crippen LogP contribution is -2.39. The van der Waals surface area contributed by atoms with Crippen LogP contribution < -0.4 is 11.3 Å². The van der Waals surface area contributed by atoms with E-state index in [0.29, 0.717) is 17.8 Å². The normalized spacial score (nSPS) is 23.5. The molecule has 1 aliphatic rings. The van der Waals surface area contributed by atoms with Gasteiger partial charge in [0.1, 0.15) is 0 Å². The van der Waals surface area contributed by atoms with E-state index < -0.39 is 11.6 Å². The van der Waals surface area contributed by atoms with E-state index in [4.69, 9.17) is 5.84 Å². The van der Waals surface area contributed by atoms with Gasteiger partial charge in [0.2, 0.25) is 0 Å². The van der Waals surface area contributed by atoms with Crippen molar-refractivity contribution < 1.29 is 8.78 Å². The Morgan fingerprint density at radius 2 is 2.06 bits per heavy atom. The SMILES string of the molecule is CC1(C)CC1C(Cc1ccc(F)c(F)c1)NN. The van der Waals surface area contributed by atoms with Gasteiger partial charge in [-0.15, -0.1) is 0 Å². The van der Waals surface area contributed by atoms with Gasteiger partial charge in [0.05, 0.1) is 0 Å². The molecule has 3 N–H and O–H groups in total. The minimum Gasteiger partial charge on any atom is -0.271 e. The maximum atomic E-state index is 13.1. The van der Waals surface area contributed by atoms with E-state index in [1.165, 1.54) is 6.07 Å². The third-order valence-electron chi connectivity index (χ3n) is 3.73. The monoisotopic (exact) mass is 240 g/mol. The van der Waals surface area contributed by atoms with Crippen molar-refractivity contribution >= 4 is 0 Å². The van der Waals surface area contributed by atoms with Crippen LogP contribution >= 0.6 is 0 Å². The Hall–Kier alpha value is -1.00. The molecule has 4 heteroatoms. The van der Waals surface area contributed by atoms with Crippen molar-refractivity contribution in [1.82, 2.24) is 5.43 Å². The molecule has 0 bridgehead atoms. The summed E-state index contributed by atoms with van der Waals surface area (Å²) in [6.45, 7) is 4.38. The zero-order valence-corrected chi connectivity index (χ0v) is 10.1. The number of nitrogens with one attached hydrogen (secondary N) is 1. The highest BCUT2D eigenvalue weighted by Crippen LogP contribution is 2.53. The van der Waals surface area contributed by atoms with Gasteiger partial charge in [-0.3, -0.25) is 11.3 Å². The molecular formula is C13H18F2N2. The summed E-state index contributed by atoms with van der Waals surface area (Å²) in [5, 5.41) is 0. The summed E-state index contributed by atoms with van der Waals surface area (Å²) < 4.78 is 25.9. The second kappa shape index (κ2) is 4.35. The number of hydrogen-bond donors (Lipinski definition) is 2. The molecule has 1 aromatic carbocycles. The fourth-order valence-corrected chi connectivity index (χ4v) is 2.43. The van der Waals surface area contributed by atoms with Crippen molar-refractivity contribution in [3.63, 3.8) is 0 Å². The molecule has 0 saturated heterocycles. The summed E-state index contributed by atoms with van der Waals surface area (Å²) in [5.41, 5.74) is 3.86. The van der Waals surface area contributed by atoms with Gasteiger partial charge < -0.3 is 0 Å². The van der Waals surface area contributed by atoms with Gasteiger partial charge in [0, 0.05) is 6.04 Å². The Morgan fingerprint density at radius 3 is 2.53 bits per heavy atom. The fourth-order valence-electron chi connectivity index (χ4n) is 2.43. The van der Waals surface area contributed by atoms with Gasteiger partial charge in [0.15, 0.2) is 11.6 Å². The van der Waals surface area contributed by atoms with Crippen molar-refractivity contribution in [2.75, 3.05) is 0 Å². The Kier molecular flexibility index (Phi) is 3.19. The summed E-state index contributed by atoms with van der Waals surface area (Å²) in [4.78, 5) is 0. The third kappa shape index (κ3) is 2.64. The number of hydrogen-bond acceptors (Lipinski definition) is 2. The summed E-state index contributed by atoms with van der Waals surface area (Å²) in [6.07, 6.45) is 1.74. The van der Waals surface area contributed by atoms with Crippen LogP contribution in [0.15, 0.2) is 18.2 Å². The zero-order chi connectivity index (χ0) is 12.6. The van der Waals surface area contributed by atoms with E-state index in [1.807, 2.05) is 0 Å². The van der Waals surface area contributed by atoms with E-state index in [2.05, 4.69) is 19.3 Å². The van der Waals surface area contributed by atoms with Crippen LogP contribution in [0.3, 0.4) is 0 Å². The van der Waals surface area contributed by atoms with Crippen LogP contribution in [-0.2, 0) is 6.42 Å². The molecule has 1 aromatic rings. The summed E-state index contributed by atoms with van der Waals surface area (Å²) in [7, 11) is 0. The van der Waals surface area contributed by atoms with Gasteiger partial charge in [0.25, 0.3) is 0 Å². The van der Waals surface area contributed by atoms with Crippen LogP contribution in [-0.4, -0.2) is 6.04 Å². The van der Waals surface area contributed by atoms with Crippen molar-refractivity contribution in [1.29, 1.82) is 0 Å². The number of hydrazine groups is 1. The molecule has 1 saturated carbocycles. The minimum atomic E-state index is -0.808. The standard InChI is InChI=1S/C13H18F2N2/c1-13(2)7-9(13)12(17-16)6-8-3-4-10(14)11(15)5-8/h3-5,9,12,17H,6-7,16H2,1-2H3. The summed E-state index contributed by atoms with van der Waals surface area (Å²) >= 11 is 0. The molecule has 0 spiro atoms. The quantitative estimate of drug-likeness (QED) is 0.626. The first-order chi connectivity index (χ1) is 7.94. The maximum absolute atomic E-state index is 13.1. The van der Waals surface area contributed by atoms with Crippen LogP contribution in [0.2, 0.25) is 0 Å². The number of benzene rings is 1. The van der Waals surface area contributed by atoms with E-state index >= 15 is 0 Å². The van der Waals surface area contributed by atoms with Crippen LogP contribution in [0.25, 0.3) is 0 Å². The first-order valence-electron chi connectivity index (χ1n) is 5.84. The largest absolute Gasteiger partial charge is 0.271 e. The average molecular weight is 240 g/mol. The smallest absolute Gasteiger partial charge is 0.159 e. The highest BCUT2D eigenvalue weighted by Gasteiger charge is 2.49. The van der Waals surface area contributed by atoms with Crippen LogP contribution in [0.1, 0.15) is 25.8 Å². The minimum absolute atomic E-state index is 0.120. The van der Waals surface area contributed by atoms with E-state index in [0.717, 1.165) is 18.1 Å². The van der Waals surface area contributed by atoms with E-state index in [-0.39, 0.29) is 6.04 Å². The molecule has 0 heterocycles. The van der Waals surface area contributed by atoms with Crippen LogP contribution in [0.5, 0.6) is 0 Å². The molecule has 94 valence electrons. The Balaban J connectivity index is 2.06. The average Bonchev–Trinajstić information content (AvgIpc) is 2.89. The van der Waals surface area contributed by atoms with E-state index in [9.17, 15) is 8.78 Å². The summed E-state index contributed by atoms with van der Waals surface area (Å²) in [6, 6.07) is 4.14. The molecule has 0 radical (unpaired) electrons. The second-order valence-corrected chi connectivity index (χ2v) is 5.52. The van der Waals surface area contributed by atoms with Crippen molar-refractivity contribution in [3.05, 3.63) is 35.4 Å².